The van der Waals surface area contributed by atoms with Gasteiger partial charge in [0.25, 0.3) is 0 Å². The van der Waals surface area contributed by atoms with Gasteiger partial charge in [0.1, 0.15) is 10.8 Å². The standard InChI is InChI=1S/C23H26N2O2S/c1-4-27-21-7-5-6-20(14-21)23-25-22(15-28-23)19-12-10-18(11-13-19)9-8-16(2)24-17(3)26/h5-7,10-16H,4,8-9H2,1-3H3,(H,24,26)/t16-/m1/s1. The lowest BCUT2D eigenvalue weighted by atomic mass is 10.0. The maximum Gasteiger partial charge on any atom is 0.217 e. The highest BCUT2D eigenvalue weighted by molar-refractivity contribution is 7.13. The molecule has 1 aromatic heterocycles. The second-order valence-electron chi connectivity index (χ2n) is 6.84. The van der Waals surface area contributed by atoms with Crippen molar-refractivity contribution >= 4 is 17.2 Å². The molecule has 0 aliphatic carbocycles. The fraction of sp³-hybridized carbons (Fsp3) is 0.304. The summed E-state index contributed by atoms with van der Waals surface area (Å²) < 4.78 is 5.59. The monoisotopic (exact) mass is 394 g/mol. The van der Waals surface area contributed by atoms with Crippen LogP contribution in [0.4, 0.5) is 0 Å². The highest BCUT2D eigenvalue weighted by atomic mass is 32.1. The van der Waals surface area contributed by atoms with Gasteiger partial charge in [-0.3, -0.25) is 4.79 Å². The Labute approximate surface area is 170 Å². The summed E-state index contributed by atoms with van der Waals surface area (Å²) in [6.07, 6.45) is 1.87. The first-order valence-corrected chi connectivity index (χ1v) is 10.5. The van der Waals surface area contributed by atoms with E-state index in [-0.39, 0.29) is 11.9 Å². The zero-order chi connectivity index (χ0) is 19.9. The van der Waals surface area contributed by atoms with Gasteiger partial charge in [-0.25, -0.2) is 4.98 Å². The van der Waals surface area contributed by atoms with Crippen molar-refractivity contribution in [3.63, 3.8) is 0 Å². The number of carbonyl (C=O) groups is 1. The van der Waals surface area contributed by atoms with Crippen LogP contribution in [-0.2, 0) is 11.2 Å². The summed E-state index contributed by atoms with van der Waals surface area (Å²) in [7, 11) is 0. The maximum atomic E-state index is 11.1. The van der Waals surface area contributed by atoms with Crippen molar-refractivity contribution in [1.29, 1.82) is 0 Å². The van der Waals surface area contributed by atoms with Gasteiger partial charge in [-0.15, -0.1) is 11.3 Å². The number of amides is 1. The highest BCUT2D eigenvalue weighted by Gasteiger charge is 2.09. The molecule has 0 saturated carbocycles. The Balaban J connectivity index is 1.66. The van der Waals surface area contributed by atoms with Crippen LogP contribution >= 0.6 is 11.3 Å². The molecule has 5 heteroatoms. The van der Waals surface area contributed by atoms with Gasteiger partial charge in [0, 0.05) is 29.5 Å². The molecule has 1 amide bonds. The van der Waals surface area contributed by atoms with Crippen molar-refractivity contribution < 1.29 is 9.53 Å². The Kier molecular flexibility index (Phi) is 6.82. The van der Waals surface area contributed by atoms with Gasteiger partial charge in [0.05, 0.1) is 12.3 Å². The lowest BCUT2D eigenvalue weighted by molar-refractivity contribution is -0.119. The van der Waals surface area contributed by atoms with Crippen LogP contribution in [0.15, 0.2) is 53.9 Å². The third kappa shape index (κ3) is 5.42. The molecule has 0 bridgehead atoms. The summed E-state index contributed by atoms with van der Waals surface area (Å²) in [4.78, 5) is 15.9. The van der Waals surface area contributed by atoms with Crippen LogP contribution in [0.2, 0.25) is 0 Å². The van der Waals surface area contributed by atoms with Gasteiger partial charge >= 0.3 is 0 Å². The third-order valence-electron chi connectivity index (χ3n) is 4.46. The third-order valence-corrected chi connectivity index (χ3v) is 5.35. The Morgan fingerprint density at radius 2 is 1.96 bits per heavy atom. The number of aryl methyl sites for hydroxylation is 1. The van der Waals surface area contributed by atoms with Crippen LogP contribution in [0.3, 0.4) is 0 Å². The average Bonchev–Trinajstić information content (AvgIpc) is 3.17. The molecule has 1 heterocycles. The Hall–Kier alpha value is -2.66. The van der Waals surface area contributed by atoms with E-state index in [0.717, 1.165) is 40.4 Å². The average molecular weight is 395 g/mol. The van der Waals surface area contributed by atoms with Crippen molar-refractivity contribution in [3.8, 4) is 27.6 Å². The molecule has 0 spiro atoms. The molecule has 146 valence electrons. The van der Waals surface area contributed by atoms with E-state index in [1.807, 2.05) is 32.0 Å². The summed E-state index contributed by atoms with van der Waals surface area (Å²) >= 11 is 1.64. The van der Waals surface area contributed by atoms with Gasteiger partial charge in [-0.1, -0.05) is 36.4 Å². The topological polar surface area (TPSA) is 51.2 Å². The first kappa shape index (κ1) is 20.1. The van der Waals surface area contributed by atoms with E-state index in [4.69, 9.17) is 9.72 Å². The summed E-state index contributed by atoms with van der Waals surface area (Å²) in [6.45, 7) is 6.23. The fourth-order valence-electron chi connectivity index (χ4n) is 3.07. The molecule has 0 unspecified atom stereocenters. The van der Waals surface area contributed by atoms with E-state index in [0.29, 0.717) is 6.61 Å². The second-order valence-corrected chi connectivity index (χ2v) is 7.69. The van der Waals surface area contributed by atoms with Crippen molar-refractivity contribution in [3.05, 3.63) is 59.5 Å². The maximum absolute atomic E-state index is 11.1. The molecular formula is C23H26N2O2S. The van der Waals surface area contributed by atoms with Crippen molar-refractivity contribution in [2.45, 2.75) is 39.7 Å². The Morgan fingerprint density at radius 3 is 2.68 bits per heavy atom. The lowest BCUT2D eigenvalue weighted by Crippen LogP contribution is -2.30. The number of aromatic nitrogens is 1. The fourth-order valence-corrected chi connectivity index (χ4v) is 3.90. The summed E-state index contributed by atoms with van der Waals surface area (Å²) in [5.41, 5.74) is 4.44. The molecule has 2 aromatic carbocycles. The number of hydrogen-bond donors (Lipinski definition) is 1. The van der Waals surface area contributed by atoms with Crippen molar-refractivity contribution in [1.82, 2.24) is 10.3 Å². The van der Waals surface area contributed by atoms with Crippen LogP contribution in [0, 0.1) is 0 Å². The summed E-state index contributed by atoms with van der Waals surface area (Å²) in [5.74, 6) is 0.892. The normalized spacial score (nSPS) is 11.8. The highest BCUT2D eigenvalue weighted by Crippen LogP contribution is 2.30. The number of nitrogens with one attached hydrogen (secondary N) is 1. The molecule has 0 aliphatic rings. The summed E-state index contributed by atoms with van der Waals surface area (Å²) in [6, 6.07) is 16.8. The molecule has 3 rings (SSSR count). The van der Waals surface area contributed by atoms with E-state index < -0.39 is 0 Å². The number of carbonyl (C=O) groups excluding carboxylic acids is 1. The van der Waals surface area contributed by atoms with Gasteiger partial charge in [-0.05, 0) is 44.4 Å². The van der Waals surface area contributed by atoms with Gasteiger partial charge < -0.3 is 10.1 Å². The van der Waals surface area contributed by atoms with E-state index in [9.17, 15) is 4.79 Å². The van der Waals surface area contributed by atoms with Gasteiger partial charge in [0.2, 0.25) is 5.91 Å². The van der Waals surface area contributed by atoms with Gasteiger partial charge in [0.15, 0.2) is 0 Å². The largest absolute Gasteiger partial charge is 0.494 e. The molecule has 1 N–H and O–H groups in total. The predicted molar refractivity (Wildman–Crippen MR) is 116 cm³/mol. The quantitative estimate of drug-likeness (QED) is 0.561. The lowest BCUT2D eigenvalue weighted by Gasteiger charge is -2.12. The van der Waals surface area contributed by atoms with E-state index in [1.54, 1.807) is 18.3 Å². The molecule has 0 saturated heterocycles. The van der Waals surface area contributed by atoms with Crippen LogP contribution in [0.25, 0.3) is 21.8 Å². The van der Waals surface area contributed by atoms with Crippen molar-refractivity contribution in [2.75, 3.05) is 6.61 Å². The molecule has 28 heavy (non-hydrogen) atoms. The second kappa shape index (κ2) is 9.51. The SMILES string of the molecule is CCOc1cccc(-c2nc(-c3ccc(CC[C@@H](C)NC(C)=O)cc3)cs2)c1. The Bertz CT molecular complexity index is 918. The zero-order valence-electron chi connectivity index (χ0n) is 16.6. The Morgan fingerprint density at radius 1 is 1.18 bits per heavy atom. The molecule has 4 nitrogen and oxygen atoms in total. The molecule has 0 aliphatic heterocycles. The number of benzene rings is 2. The van der Waals surface area contributed by atoms with Gasteiger partial charge in [-0.2, -0.15) is 0 Å². The number of nitrogens with zero attached hydrogens (tertiary/aromatic N) is 1. The number of rotatable bonds is 8. The van der Waals surface area contributed by atoms with E-state index >= 15 is 0 Å². The molecule has 0 radical (unpaired) electrons. The van der Waals surface area contributed by atoms with Crippen molar-refractivity contribution in [2.24, 2.45) is 0 Å². The number of thiazole rings is 1. The molecule has 3 aromatic rings. The molecular weight excluding hydrogens is 368 g/mol. The van der Waals surface area contributed by atoms with Crippen LogP contribution in [0.1, 0.15) is 32.8 Å². The van der Waals surface area contributed by atoms with E-state index in [1.165, 1.54) is 5.56 Å². The summed E-state index contributed by atoms with van der Waals surface area (Å²) in [5, 5.41) is 6.01. The molecule has 0 fully saturated rings. The first-order chi connectivity index (χ1) is 13.5. The first-order valence-electron chi connectivity index (χ1n) is 9.60. The minimum Gasteiger partial charge on any atom is -0.494 e. The van der Waals surface area contributed by atoms with Crippen LogP contribution < -0.4 is 10.1 Å². The van der Waals surface area contributed by atoms with Crippen LogP contribution in [-0.4, -0.2) is 23.5 Å². The van der Waals surface area contributed by atoms with E-state index in [2.05, 4.69) is 41.0 Å². The zero-order valence-corrected chi connectivity index (χ0v) is 17.4. The van der Waals surface area contributed by atoms with Crippen LogP contribution in [0.5, 0.6) is 5.75 Å². The number of ether oxygens (including phenoxy) is 1. The smallest absolute Gasteiger partial charge is 0.217 e. The minimum atomic E-state index is 0.0222. The minimum absolute atomic E-state index is 0.0222. The molecule has 1 atom stereocenters. The predicted octanol–water partition coefficient (Wildman–Crippen LogP) is 5.33. The number of hydrogen-bond acceptors (Lipinski definition) is 4.